The number of hydrogen-bond acceptors (Lipinski definition) is 5. The van der Waals surface area contributed by atoms with E-state index in [4.69, 9.17) is 13.8 Å². The fourth-order valence-electron chi connectivity index (χ4n) is 2.62. The summed E-state index contributed by atoms with van der Waals surface area (Å²) in [6.45, 7) is 5.09. The van der Waals surface area contributed by atoms with E-state index < -0.39 is 54.6 Å². The molecule has 0 aromatic heterocycles. The minimum absolute atomic E-state index is 0.0696. The first-order chi connectivity index (χ1) is 15.5. The van der Waals surface area contributed by atoms with Crippen LogP contribution in [-0.4, -0.2) is 18.6 Å². The first-order valence-corrected chi connectivity index (χ1v) is 11.6. The summed E-state index contributed by atoms with van der Waals surface area (Å²) in [7, 11) is -4.93. The maximum Gasteiger partial charge on any atom is 0.513 e. The van der Waals surface area contributed by atoms with Crippen molar-refractivity contribution >= 4 is 13.7 Å². The van der Waals surface area contributed by atoms with Gasteiger partial charge in [0.25, 0.3) is 0 Å². The highest BCUT2D eigenvalue weighted by Crippen LogP contribution is 2.47. The zero-order chi connectivity index (χ0) is 24.8. The van der Waals surface area contributed by atoms with Gasteiger partial charge in [0.15, 0.2) is 0 Å². The Balaban J connectivity index is 2.34. The van der Waals surface area contributed by atoms with Gasteiger partial charge in [-0.25, -0.2) is 17.7 Å². The zero-order valence-corrected chi connectivity index (χ0v) is 18.9. The number of para-hydroxylation sites is 1. The number of benzene rings is 2. The van der Waals surface area contributed by atoms with Crippen LogP contribution in [0.5, 0.6) is 11.5 Å². The van der Waals surface area contributed by atoms with E-state index in [0.29, 0.717) is 0 Å². The standard InChI is InChI=1S/C21H23F5NO5P/c1-4-13(5-2)11-30-21(28)12(3)27-33(29,31-14-9-7-6-8-10-14)32-20-18(25)16(23)15(22)17(24)19(20)26/h6-10,12-13H,4-5,11H2,1-3H3,(H,27,29)/t12-,33+/m1/s1. The third-order valence-corrected chi connectivity index (χ3v) is 6.25. The Bertz CT molecular complexity index is 991. The molecule has 2 aromatic carbocycles. The average molecular weight is 495 g/mol. The Hall–Kier alpha value is -2.65. The lowest BCUT2D eigenvalue weighted by atomic mass is 10.1. The molecule has 0 saturated heterocycles. The van der Waals surface area contributed by atoms with Crippen molar-refractivity contribution in [3.05, 3.63) is 59.4 Å². The van der Waals surface area contributed by atoms with E-state index in [1.54, 1.807) is 6.07 Å². The van der Waals surface area contributed by atoms with Crippen LogP contribution in [0, 0.1) is 35.0 Å². The van der Waals surface area contributed by atoms with Crippen LogP contribution >= 0.6 is 7.75 Å². The molecule has 1 N–H and O–H groups in total. The van der Waals surface area contributed by atoms with Crippen molar-refractivity contribution in [1.29, 1.82) is 0 Å². The summed E-state index contributed by atoms with van der Waals surface area (Å²) >= 11 is 0. The molecule has 0 amide bonds. The number of esters is 1. The molecule has 12 heteroatoms. The van der Waals surface area contributed by atoms with Gasteiger partial charge in [0.2, 0.25) is 34.8 Å². The molecule has 0 bridgehead atoms. The number of ether oxygens (including phenoxy) is 1. The highest BCUT2D eigenvalue weighted by Gasteiger charge is 2.38. The van der Waals surface area contributed by atoms with Gasteiger partial charge in [0, 0.05) is 0 Å². The molecule has 0 unspecified atom stereocenters. The summed E-state index contributed by atoms with van der Waals surface area (Å²) in [5.74, 6) is -14.5. The SMILES string of the molecule is CCC(CC)COC(=O)[C@@H](C)N[P@](=O)(Oc1ccccc1)Oc1c(F)c(F)c(F)c(F)c1F. The van der Waals surface area contributed by atoms with Crippen molar-refractivity contribution in [2.45, 2.75) is 39.7 Å². The van der Waals surface area contributed by atoms with Crippen LogP contribution in [0.25, 0.3) is 0 Å². The zero-order valence-electron chi connectivity index (χ0n) is 18.0. The van der Waals surface area contributed by atoms with Gasteiger partial charge in [-0.3, -0.25) is 4.79 Å². The van der Waals surface area contributed by atoms with Gasteiger partial charge >= 0.3 is 13.7 Å². The fraction of sp³-hybridized carbons (Fsp3) is 0.381. The monoisotopic (exact) mass is 495 g/mol. The summed E-state index contributed by atoms with van der Waals surface area (Å²) < 4.78 is 97.0. The van der Waals surface area contributed by atoms with Crippen molar-refractivity contribution in [2.24, 2.45) is 5.92 Å². The molecule has 33 heavy (non-hydrogen) atoms. The number of carbonyl (C=O) groups is 1. The number of hydrogen-bond donors (Lipinski definition) is 1. The van der Waals surface area contributed by atoms with Gasteiger partial charge in [-0.15, -0.1) is 0 Å². The van der Waals surface area contributed by atoms with Gasteiger partial charge in [0.05, 0.1) is 6.61 Å². The largest absolute Gasteiger partial charge is 0.513 e. The van der Waals surface area contributed by atoms with Crippen molar-refractivity contribution in [3.8, 4) is 11.5 Å². The molecule has 0 spiro atoms. The highest BCUT2D eigenvalue weighted by atomic mass is 31.2. The molecule has 0 aliphatic carbocycles. The number of halogens is 5. The maximum absolute atomic E-state index is 14.1. The predicted octanol–water partition coefficient (Wildman–Crippen LogP) is 5.91. The highest BCUT2D eigenvalue weighted by molar-refractivity contribution is 7.52. The summed E-state index contributed by atoms with van der Waals surface area (Å²) in [6, 6.07) is 5.71. The van der Waals surface area contributed by atoms with Gasteiger partial charge in [-0.1, -0.05) is 44.9 Å². The molecule has 2 aromatic rings. The molecule has 0 aliphatic heterocycles. The topological polar surface area (TPSA) is 73.9 Å². The van der Waals surface area contributed by atoms with E-state index in [-0.39, 0.29) is 18.3 Å². The van der Waals surface area contributed by atoms with E-state index in [9.17, 15) is 31.3 Å². The predicted molar refractivity (Wildman–Crippen MR) is 109 cm³/mol. The van der Waals surface area contributed by atoms with Crippen molar-refractivity contribution in [2.75, 3.05) is 6.61 Å². The average Bonchev–Trinajstić information content (AvgIpc) is 2.80. The lowest BCUT2D eigenvalue weighted by molar-refractivity contribution is -0.146. The number of nitrogens with one attached hydrogen (secondary N) is 1. The Morgan fingerprint density at radius 1 is 0.909 bits per heavy atom. The Morgan fingerprint density at radius 3 is 1.94 bits per heavy atom. The molecular formula is C21H23F5NO5P. The minimum Gasteiger partial charge on any atom is -0.464 e. The maximum atomic E-state index is 14.1. The fourth-order valence-corrected chi connectivity index (χ4v) is 4.14. The molecule has 6 nitrogen and oxygen atoms in total. The smallest absolute Gasteiger partial charge is 0.464 e. The molecular weight excluding hydrogens is 472 g/mol. The molecule has 2 atom stereocenters. The second-order valence-corrected chi connectivity index (χ2v) is 8.67. The van der Waals surface area contributed by atoms with E-state index in [0.717, 1.165) is 12.8 Å². The Morgan fingerprint density at radius 2 is 1.42 bits per heavy atom. The van der Waals surface area contributed by atoms with E-state index in [1.165, 1.54) is 31.2 Å². The normalized spacial score (nSPS) is 14.0. The van der Waals surface area contributed by atoms with Gasteiger partial charge < -0.3 is 13.8 Å². The minimum atomic E-state index is -4.93. The third kappa shape index (κ3) is 6.68. The van der Waals surface area contributed by atoms with Gasteiger partial charge in [0.1, 0.15) is 11.8 Å². The van der Waals surface area contributed by atoms with Gasteiger partial charge in [-0.05, 0) is 25.0 Å². The van der Waals surface area contributed by atoms with E-state index >= 15 is 0 Å². The van der Waals surface area contributed by atoms with Crippen LogP contribution in [0.3, 0.4) is 0 Å². The summed E-state index contributed by atoms with van der Waals surface area (Å²) in [4.78, 5) is 12.3. The molecule has 0 saturated carbocycles. The summed E-state index contributed by atoms with van der Waals surface area (Å²) in [5.41, 5.74) is 0. The van der Waals surface area contributed by atoms with Crippen molar-refractivity contribution in [1.82, 2.24) is 5.09 Å². The van der Waals surface area contributed by atoms with Crippen molar-refractivity contribution in [3.63, 3.8) is 0 Å². The molecule has 2 rings (SSSR count). The quantitative estimate of drug-likeness (QED) is 0.138. The van der Waals surface area contributed by atoms with E-state index in [2.05, 4.69) is 5.09 Å². The first-order valence-electron chi connectivity index (χ1n) is 10.0. The van der Waals surface area contributed by atoms with Crippen LogP contribution in [0.2, 0.25) is 0 Å². The number of rotatable bonds is 11. The lowest BCUT2D eigenvalue weighted by Crippen LogP contribution is -2.36. The van der Waals surface area contributed by atoms with Crippen LogP contribution in [0.4, 0.5) is 22.0 Å². The Labute approximate surface area is 187 Å². The van der Waals surface area contributed by atoms with Crippen LogP contribution in [0.1, 0.15) is 33.6 Å². The van der Waals surface area contributed by atoms with E-state index in [1.807, 2.05) is 13.8 Å². The summed E-state index contributed by atoms with van der Waals surface area (Å²) in [5, 5.41) is 2.12. The van der Waals surface area contributed by atoms with Crippen molar-refractivity contribution < 1.29 is 45.1 Å². The first kappa shape index (κ1) is 26.6. The molecule has 0 fully saturated rings. The molecule has 0 heterocycles. The lowest BCUT2D eigenvalue weighted by Gasteiger charge is -2.24. The van der Waals surface area contributed by atoms with Crippen LogP contribution in [-0.2, 0) is 14.1 Å². The molecule has 182 valence electrons. The second kappa shape index (κ2) is 11.5. The Kier molecular flexibility index (Phi) is 9.25. The number of carbonyl (C=O) groups excluding carboxylic acids is 1. The molecule has 0 radical (unpaired) electrons. The second-order valence-electron chi connectivity index (χ2n) is 7.06. The third-order valence-electron chi connectivity index (χ3n) is 4.67. The van der Waals surface area contributed by atoms with Gasteiger partial charge in [-0.2, -0.15) is 13.9 Å². The van der Waals surface area contributed by atoms with Crippen LogP contribution < -0.4 is 14.1 Å². The summed E-state index contributed by atoms with van der Waals surface area (Å²) in [6.07, 6.45) is 1.48. The van der Waals surface area contributed by atoms with Crippen LogP contribution in [0.15, 0.2) is 30.3 Å². The molecule has 0 aliphatic rings.